The molecule has 1 aliphatic rings. The van der Waals surface area contributed by atoms with Gasteiger partial charge < -0.3 is 15.1 Å². The number of urea groups is 1. The Bertz CT molecular complexity index is 558. The third-order valence-electron chi connectivity index (χ3n) is 4.27. The second-order valence-corrected chi connectivity index (χ2v) is 7.37. The number of nitrogens with one attached hydrogen (secondary N) is 1. The number of carbonyl (C=O) groups excluding carboxylic acids is 2. The summed E-state index contributed by atoms with van der Waals surface area (Å²) in [5.74, 6) is 0.402. The van der Waals surface area contributed by atoms with Crippen LogP contribution in [0, 0.1) is 12.8 Å². The first kappa shape index (κ1) is 17.7. The molecule has 1 fully saturated rings. The Kier molecular flexibility index (Phi) is 5.98. The Morgan fingerprint density at radius 1 is 1.57 bits per heavy atom. The van der Waals surface area contributed by atoms with Gasteiger partial charge in [0.1, 0.15) is 0 Å². The normalized spacial score (nSPS) is 17.9. The van der Waals surface area contributed by atoms with Crippen LogP contribution in [0.15, 0.2) is 5.51 Å². The van der Waals surface area contributed by atoms with Crippen molar-refractivity contribution in [1.82, 2.24) is 20.1 Å². The van der Waals surface area contributed by atoms with E-state index in [4.69, 9.17) is 0 Å². The zero-order valence-electron chi connectivity index (χ0n) is 14.3. The second-order valence-electron chi connectivity index (χ2n) is 6.43. The number of hydrogen-bond acceptors (Lipinski definition) is 4. The molecule has 6 nitrogen and oxygen atoms in total. The maximum absolute atomic E-state index is 12.1. The number of rotatable bonds is 6. The predicted molar refractivity (Wildman–Crippen MR) is 91.5 cm³/mol. The molecule has 3 amide bonds. The van der Waals surface area contributed by atoms with Gasteiger partial charge in [-0.3, -0.25) is 4.79 Å². The SMILES string of the molecule is Cc1ncsc1CCN(C)C(=O)NC[C@@H]1CC(=O)N(C(C)C)C1. The molecule has 1 aliphatic heterocycles. The average molecular weight is 338 g/mol. The van der Waals surface area contributed by atoms with Crippen LogP contribution in [-0.4, -0.2) is 59.4 Å². The lowest BCUT2D eigenvalue weighted by Crippen LogP contribution is -2.41. The number of aromatic nitrogens is 1. The third kappa shape index (κ3) is 4.67. The highest BCUT2D eigenvalue weighted by molar-refractivity contribution is 7.09. The largest absolute Gasteiger partial charge is 0.340 e. The van der Waals surface area contributed by atoms with Crippen LogP contribution in [-0.2, 0) is 11.2 Å². The maximum atomic E-state index is 12.1. The summed E-state index contributed by atoms with van der Waals surface area (Å²) in [4.78, 5) is 33.0. The number of thiazole rings is 1. The summed E-state index contributed by atoms with van der Waals surface area (Å²) < 4.78 is 0. The zero-order chi connectivity index (χ0) is 17.0. The minimum Gasteiger partial charge on any atom is -0.340 e. The Hall–Kier alpha value is -1.63. The van der Waals surface area contributed by atoms with E-state index in [0.717, 1.165) is 18.7 Å². The van der Waals surface area contributed by atoms with Gasteiger partial charge in [-0.15, -0.1) is 11.3 Å². The molecule has 1 atom stereocenters. The number of aryl methyl sites for hydroxylation is 1. The summed E-state index contributed by atoms with van der Waals surface area (Å²) in [6, 6.07) is 0.149. The quantitative estimate of drug-likeness (QED) is 0.861. The molecule has 0 aliphatic carbocycles. The number of carbonyl (C=O) groups is 2. The van der Waals surface area contributed by atoms with Crippen molar-refractivity contribution in [3.8, 4) is 0 Å². The van der Waals surface area contributed by atoms with E-state index in [2.05, 4.69) is 10.3 Å². The van der Waals surface area contributed by atoms with Gasteiger partial charge in [0.25, 0.3) is 0 Å². The number of likely N-dealkylation sites (tertiary alicyclic amines) is 1. The van der Waals surface area contributed by atoms with E-state index in [9.17, 15) is 9.59 Å². The van der Waals surface area contributed by atoms with Crippen LogP contribution in [0.5, 0.6) is 0 Å². The molecule has 128 valence electrons. The Morgan fingerprint density at radius 2 is 2.30 bits per heavy atom. The molecule has 0 bridgehead atoms. The number of nitrogens with zero attached hydrogens (tertiary/aromatic N) is 3. The smallest absolute Gasteiger partial charge is 0.317 e. The van der Waals surface area contributed by atoms with E-state index >= 15 is 0 Å². The number of likely N-dealkylation sites (N-methyl/N-ethyl adjacent to an activating group) is 1. The van der Waals surface area contributed by atoms with Gasteiger partial charge in [-0.1, -0.05) is 0 Å². The van der Waals surface area contributed by atoms with Crippen molar-refractivity contribution in [3.63, 3.8) is 0 Å². The molecule has 0 spiro atoms. The molecule has 1 N–H and O–H groups in total. The van der Waals surface area contributed by atoms with Crippen LogP contribution in [0.1, 0.15) is 30.8 Å². The number of hydrogen-bond donors (Lipinski definition) is 1. The third-order valence-corrected chi connectivity index (χ3v) is 5.26. The van der Waals surface area contributed by atoms with Gasteiger partial charge in [0.05, 0.1) is 11.2 Å². The molecule has 1 aromatic rings. The molecule has 1 aromatic heterocycles. The molecule has 1 saturated heterocycles. The van der Waals surface area contributed by atoms with Gasteiger partial charge in [-0.05, 0) is 20.8 Å². The highest BCUT2D eigenvalue weighted by atomic mass is 32.1. The highest BCUT2D eigenvalue weighted by Crippen LogP contribution is 2.19. The van der Waals surface area contributed by atoms with Crippen LogP contribution >= 0.6 is 11.3 Å². The summed E-state index contributed by atoms with van der Waals surface area (Å²) in [5, 5.41) is 2.94. The Balaban J connectivity index is 1.72. The van der Waals surface area contributed by atoms with Crippen molar-refractivity contribution < 1.29 is 9.59 Å². The van der Waals surface area contributed by atoms with Crippen molar-refractivity contribution >= 4 is 23.3 Å². The fourth-order valence-electron chi connectivity index (χ4n) is 2.75. The first-order chi connectivity index (χ1) is 10.9. The predicted octanol–water partition coefficient (Wildman–Crippen LogP) is 1.89. The topological polar surface area (TPSA) is 65.5 Å². The molecule has 7 heteroatoms. The number of amides is 3. The van der Waals surface area contributed by atoms with Gasteiger partial charge >= 0.3 is 6.03 Å². The Labute approximate surface area is 141 Å². The van der Waals surface area contributed by atoms with Crippen molar-refractivity contribution in [3.05, 3.63) is 16.1 Å². The first-order valence-electron chi connectivity index (χ1n) is 8.06. The average Bonchev–Trinajstić information content (AvgIpc) is 3.08. The molecule has 2 rings (SSSR count). The minimum absolute atomic E-state index is 0.0809. The molecule has 23 heavy (non-hydrogen) atoms. The summed E-state index contributed by atoms with van der Waals surface area (Å²) in [5.41, 5.74) is 2.88. The van der Waals surface area contributed by atoms with Crippen LogP contribution < -0.4 is 5.32 Å². The molecule has 0 radical (unpaired) electrons. The molecular formula is C16H26N4O2S. The van der Waals surface area contributed by atoms with Gasteiger partial charge in [0.2, 0.25) is 5.91 Å². The van der Waals surface area contributed by atoms with Crippen LogP contribution in [0.4, 0.5) is 4.79 Å². The molecule has 0 saturated carbocycles. The van der Waals surface area contributed by atoms with Crippen molar-refractivity contribution in [1.29, 1.82) is 0 Å². The van der Waals surface area contributed by atoms with Gasteiger partial charge in [-0.25, -0.2) is 9.78 Å². The van der Waals surface area contributed by atoms with Gasteiger partial charge in [0.15, 0.2) is 0 Å². The fraction of sp³-hybridized carbons (Fsp3) is 0.688. The monoisotopic (exact) mass is 338 g/mol. The van der Waals surface area contributed by atoms with E-state index in [1.807, 2.05) is 31.2 Å². The first-order valence-corrected chi connectivity index (χ1v) is 8.93. The van der Waals surface area contributed by atoms with E-state index in [-0.39, 0.29) is 23.9 Å². The van der Waals surface area contributed by atoms with Gasteiger partial charge in [-0.2, -0.15) is 0 Å². The lowest BCUT2D eigenvalue weighted by Gasteiger charge is -2.22. The van der Waals surface area contributed by atoms with Crippen LogP contribution in [0.2, 0.25) is 0 Å². The fourth-order valence-corrected chi connectivity index (χ4v) is 3.52. The minimum atomic E-state index is -0.0809. The molecule has 0 unspecified atom stereocenters. The molecule has 2 heterocycles. The summed E-state index contributed by atoms with van der Waals surface area (Å²) in [6.07, 6.45) is 1.35. The standard InChI is InChI=1S/C16H26N4O2S/c1-11(2)20-9-13(7-15(20)21)8-17-16(22)19(4)6-5-14-12(3)18-10-23-14/h10-11,13H,5-9H2,1-4H3,(H,17,22)/t13-/m0/s1. The van der Waals surface area contributed by atoms with E-state index in [0.29, 0.717) is 19.5 Å². The highest BCUT2D eigenvalue weighted by Gasteiger charge is 2.31. The molecule has 0 aromatic carbocycles. The van der Waals surface area contributed by atoms with Gasteiger partial charge in [0, 0.05) is 56.4 Å². The second kappa shape index (κ2) is 7.77. The van der Waals surface area contributed by atoms with Crippen LogP contribution in [0.3, 0.4) is 0 Å². The Morgan fingerprint density at radius 3 is 2.87 bits per heavy atom. The van der Waals surface area contributed by atoms with Crippen molar-refractivity contribution in [2.45, 2.75) is 39.7 Å². The lowest BCUT2D eigenvalue weighted by atomic mass is 10.1. The van der Waals surface area contributed by atoms with Crippen molar-refractivity contribution in [2.75, 3.05) is 26.7 Å². The summed E-state index contributed by atoms with van der Waals surface area (Å²) >= 11 is 1.63. The lowest BCUT2D eigenvalue weighted by molar-refractivity contribution is -0.129. The molecular weight excluding hydrogens is 312 g/mol. The summed E-state index contributed by atoms with van der Waals surface area (Å²) in [6.45, 7) is 7.99. The van der Waals surface area contributed by atoms with Crippen LogP contribution in [0.25, 0.3) is 0 Å². The van der Waals surface area contributed by atoms with Crippen molar-refractivity contribution in [2.24, 2.45) is 5.92 Å². The zero-order valence-corrected chi connectivity index (χ0v) is 15.2. The van der Waals surface area contributed by atoms with E-state index in [1.54, 1.807) is 23.3 Å². The van der Waals surface area contributed by atoms with E-state index in [1.165, 1.54) is 4.88 Å². The summed E-state index contributed by atoms with van der Waals surface area (Å²) in [7, 11) is 1.80. The maximum Gasteiger partial charge on any atom is 0.317 e. The van der Waals surface area contributed by atoms with E-state index < -0.39 is 0 Å².